The van der Waals surface area contributed by atoms with E-state index in [1.807, 2.05) is 30.3 Å². The van der Waals surface area contributed by atoms with E-state index in [9.17, 15) is 8.42 Å². The minimum Gasteiger partial charge on any atom is -0.253 e. The Kier molecular flexibility index (Phi) is 5.00. The van der Waals surface area contributed by atoms with Crippen LogP contribution in [0.4, 0.5) is 5.82 Å². The van der Waals surface area contributed by atoms with Crippen molar-refractivity contribution in [1.82, 2.24) is 14.3 Å². The minimum atomic E-state index is -3.80. The first-order chi connectivity index (χ1) is 9.90. The van der Waals surface area contributed by atoms with E-state index >= 15 is 0 Å². The number of halogens is 2. The van der Waals surface area contributed by atoms with Crippen LogP contribution in [0.1, 0.15) is 5.56 Å². The predicted octanol–water partition coefficient (Wildman–Crippen LogP) is 2.57. The molecule has 2 rings (SSSR count). The van der Waals surface area contributed by atoms with Crippen molar-refractivity contribution in [1.29, 1.82) is 0 Å². The second kappa shape index (κ2) is 6.57. The van der Waals surface area contributed by atoms with E-state index in [1.165, 1.54) is 7.05 Å². The van der Waals surface area contributed by atoms with Crippen molar-refractivity contribution in [2.45, 2.75) is 6.54 Å². The van der Waals surface area contributed by atoms with Gasteiger partial charge in [-0.05, 0) is 5.56 Å². The van der Waals surface area contributed by atoms with Crippen molar-refractivity contribution in [3.05, 3.63) is 52.4 Å². The number of anilines is 1. The van der Waals surface area contributed by atoms with Gasteiger partial charge in [0, 0.05) is 13.6 Å². The van der Waals surface area contributed by atoms with Crippen LogP contribution < -0.4 is 4.72 Å². The molecule has 0 spiro atoms. The summed E-state index contributed by atoms with van der Waals surface area (Å²) in [5.74, 6) is -0.0587. The van der Waals surface area contributed by atoms with Crippen LogP contribution in [0.5, 0.6) is 0 Å². The summed E-state index contributed by atoms with van der Waals surface area (Å²) in [6.07, 6.45) is 1.13. The van der Waals surface area contributed by atoms with Gasteiger partial charge in [0.1, 0.15) is 11.3 Å². The van der Waals surface area contributed by atoms with E-state index in [0.29, 0.717) is 0 Å². The molecule has 1 aromatic carbocycles. The molecule has 0 radical (unpaired) electrons. The molecule has 9 heteroatoms. The zero-order chi connectivity index (χ0) is 15.5. The molecule has 1 heterocycles. The van der Waals surface area contributed by atoms with Crippen molar-refractivity contribution < 1.29 is 8.42 Å². The molecule has 0 saturated carbocycles. The van der Waals surface area contributed by atoms with Crippen LogP contribution >= 0.6 is 23.2 Å². The molecular formula is C12H12Cl2N4O2S. The fourth-order valence-electron chi connectivity index (χ4n) is 1.55. The van der Waals surface area contributed by atoms with Gasteiger partial charge in [0.25, 0.3) is 0 Å². The molecule has 0 unspecified atom stereocenters. The lowest BCUT2D eigenvalue weighted by Gasteiger charge is -2.18. The summed E-state index contributed by atoms with van der Waals surface area (Å²) in [4.78, 5) is 7.43. The van der Waals surface area contributed by atoms with Crippen LogP contribution in [-0.4, -0.2) is 29.7 Å². The normalized spacial score (nSPS) is 11.6. The lowest BCUT2D eigenvalue weighted by Crippen LogP contribution is -2.32. The van der Waals surface area contributed by atoms with Crippen LogP contribution in [0.25, 0.3) is 0 Å². The molecule has 21 heavy (non-hydrogen) atoms. The van der Waals surface area contributed by atoms with Gasteiger partial charge in [0.2, 0.25) is 0 Å². The Bertz CT molecular complexity index is 725. The maximum atomic E-state index is 12.2. The highest BCUT2D eigenvalue weighted by Crippen LogP contribution is 2.26. The maximum Gasteiger partial charge on any atom is 0.302 e. The third-order valence-corrected chi connectivity index (χ3v) is 4.77. The first-order valence-electron chi connectivity index (χ1n) is 5.84. The van der Waals surface area contributed by atoms with Crippen molar-refractivity contribution in [2.75, 3.05) is 11.8 Å². The Morgan fingerprint density at radius 1 is 1.19 bits per heavy atom. The number of benzene rings is 1. The Labute approximate surface area is 132 Å². The van der Waals surface area contributed by atoms with Crippen molar-refractivity contribution >= 4 is 39.2 Å². The molecule has 0 aliphatic heterocycles. The summed E-state index contributed by atoms with van der Waals surface area (Å²) in [5, 5.41) is -0.0640. The molecular weight excluding hydrogens is 335 g/mol. The van der Waals surface area contributed by atoms with Crippen LogP contribution in [-0.2, 0) is 16.8 Å². The minimum absolute atomic E-state index is 0.0184. The Balaban J connectivity index is 2.16. The van der Waals surface area contributed by atoms with Crippen LogP contribution in [0.2, 0.25) is 10.2 Å². The molecule has 0 amide bonds. The third-order valence-electron chi connectivity index (χ3n) is 2.63. The highest BCUT2D eigenvalue weighted by atomic mass is 35.5. The van der Waals surface area contributed by atoms with Crippen LogP contribution in [0.15, 0.2) is 36.7 Å². The molecule has 6 nitrogen and oxygen atoms in total. The average Bonchev–Trinajstić information content (AvgIpc) is 2.45. The molecule has 112 valence electrons. The van der Waals surface area contributed by atoms with E-state index in [4.69, 9.17) is 23.2 Å². The van der Waals surface area contributed by atoms with E-state index in [-0.39, 0.29) is 22.5 Å². The molecule has 0 saturated heterocycles. The van der Waals surface area contributed by atoms with Crippen molar-refractivity contribution in [2.24, 2.45) is 0 Å². The number of nitrogens with one attached hydrogen (secondary N) is 1. The SMILES string of the molecule is CN(Cc1ccccc1)S(=O)(=O)Nc1ncnc(Cl)c1Cl. The first kappa shape index (κ1) is 16.0. The number of rotatable bonds is 5. The highest BCUT2D eigenvalue weighted by Gasteiger charge is 2.20. The van der Waals surface area contributed by atoms with E-state index < -0.39 is 10.2 Å². The number of aromatic nitrogens is 2. The van der Waals surface area contributed by atoms with E-state index in [0.717, 1.165) is 16.2 Å². The topological polar surface area (TPSA) is 75.2 Å². The Morgan fingerprint density at radius 2 is 1.86 bits per heavy atom. The van der Waals surface area contributed by atoms with Gasteiger partial charge in [-0.2, -0.15) is 12.7 Å². The quantitative estimate of drug-likeness (QED) is 0.844. The molecule has 0 bridgehead atoms. The highest BCUT2D eigenvalue weighted by molar-refractivity contribution is 7.90. The second-order valence-corrected chi connectivity index (χ2v) is 6.69. The largest absolute Gasteiger partial charge is 0.302 e. The molecule has 0 fully saturated rings. The van der Waals surface area contributed by atoms with Crippen molar-refractivity contribution in [3.8, 4) is 0 Å². The van der Waals surface area contributed by atoms with Gasteiger partial charge in [0.05, 0.1) is 0 Å². The number of hydrogen-bond acceptors (Lipinski definition) is 4. The van der Waals surface area contributed by atoms with Gasteiger partial charge in [-0.1, -0.05) is 53.5 Å². The third kappa shape index (κ3) is 4.04. The fourth-order valence-corrected chi connectivity index (χ4v) is 2.75. The van der Waals surface area contributed by atoms with E-state index in [2.05, 4.69) is 14.7 Å². The monoisotopic (exact) mass is 346 g/mol. The van der Waals surface area contributed by atoms with Gasteiger partial charge in [-0.25, -0.2) is 9.97 Å². The summed E-state index contributed by atoms with van der Waals surface area (Å²) in [5.41, 5.74) is 0.859. The summed E-state index contributed by atoms with van der Waals surface area (Å²) in [6.45, 7) is 0.215. The zero-order valence-electron chi connectivity index (χ0n) is 11.0. The summed E-state index contributed by atoms with van der Waals surface area (Å²) in [6, 6.07) is 9.20. The fraction of sp³-hybridized carbons (Fsp3) is 0.167. The van der Waals surface area contributed by atoms with Crippen LogP contribution in [0, 0.1) is 0 Å². The number of nitrogens with zero attached hydrogens (tertiary/aromatic N) is 3. The molecule has 2 aromatic rings. The Hall–Kier alpha value is -1.41. The molecule has 1 aromatic heterocycles. The van der Waals surface area contributed by atoms with Gasteiger partial charge in [-0.3, -0.25) is 4.72 Å². The van der Waals surface area contributed by atoms with E-state index in [1.54, 1.807) is 0 Å². The molecule has 1 N–H and O–H groups in total. The molecule has 0 atom stereocenters. The second-order valence-electron chi connectivity index (χ2n) is 4.18. The summed E-state index contributed by atoms with van der Waals surface area (Å²) < 4.78 is 27.9. The average molecular weight is 347 g/mol. The van der Waals surface area contributed by atoms with Crippen molar-refractivity contribution in [3.63, 3.8) is 0 Å². The van der Waals surface area contributed by atoms with Gasteiger partial charge in [-0.15, -0.1) is 0 Å². The number of hydrogen-bond donors (Lipinski definition) is 1. The zero-order valence-corrected chi connectivity index (χ0v) is 13.3. The smallest absolute Gasteiger partial charge is 0.253 e. The van der Waals surface area contributed by atoms with Crippen LogP contribution in [0.3, 0.4) is 0 Å². The van der Waals surface area contributed by atoms with Gasteiger partial charge >= 0.3 is 10.2 Å². The van der Waals surface area contributed by atoms with Gasteiger partial charge < -0.3 is 0 Å². The predicted molar refractivity (Wildman–Crippen MR) is 82.5 cm³/mol. The van der Waals surface area contributed by atoms with Gasteiger partial charge in [0.15, 0.2) is 11.0 Å². The summed E-state index contributed by atoms with van der Waals surface area (Å²) >= 11 is 11.6. The lowest BCUT2D eigenvalue weighted by atomic mass is 10.2. The maximum absolute atomic E-state index is 12.2. The molecule has 0 aliphatic carbocycles. The Morgan fingerprint density at radius 3 is 2.52 bits per heavy atom. The molecule has 0 aliphatic rings. The lowest BCUT2D eigenvalue weighted by molar-refractivity contribution is 0.471. The standard InChI is InChI=1S/C12H12Cl2N4O2S/c1-18(7-9-5-3-2-4-6-9)21(19,20)17-12-10(13)11(14)15-8-16-12/h2-6,8H,7H2,1H3,(H,15,16,17). The summed E-state index contributed by atoms with van der Waals surface area (Å²) in [7, 11) is -2.35. The first-order valence-corrected chi connectivity index (χ1v) is 8.04.